The predicted octanol–water partition coefficient (Wildman–Crippen LogP) is -4.13. The maximum absolute atomic E-state index is 12.9. The Bertz CT molecular complexity index is 2250. The van der Waals surface area contributed by atoms with Gasteiger partial charge >= 0.3 is 0 Å². The molecule has 0 amide bonds. The first-order valence-electron chi connectivity index (χ1n) is 30.3. The molecule has 9 aliphatic rings. The van der Waals surface area contributed by atoms with Gasteiger partial charge in [-0.1, -0.05) is 46.3 Å². The third kappa shape index (κ3) is 12.1. The molecule has 492 valence electrons. The number of hydrogen-bond donors (Lipinski definition) is 17. The molecule has 0 spiro atoms. The lowest BCUT2D eigenvalue weighted by molar-refractivity contribution is -0.380. The van der Waals surface area contributed by atoms with E-state index in [-0.39, 0.29) is 5.92 Å². The lowest BCUT2D eigenvalue weighted by Gasteiger charge is -2.71. The Hall–Kier alpha value is -1.34. The summed E-state index contributed by atoms with van der Waals surface area (Å²) in [6.45, 7) is 13.2. The van der Waals surface area contributed by atoms with E-state index in [1.54, 1.807) is 0 Å². The summed E-state index contributed by atoms with van der Waals surface area (Å²) in [7, 11) is 0. The lowest BCUT2D eigenvalue weighted by Crippen LogP contribution is -2.70. The van der Waals surface area contributed by atoms with E-state index < -0.39 is 238 Å². The monoisotopic (exact) mass is 1230 g/mol. The van der Waals surface area contributed by atoms with Crippen molar-refractivity contribution in [3.63, 3.8) is 0 Å². The highest BCUT2D eigenvalue weighted by molar-refractivity contribution is 5.22. The van der Waals surface area contributed by atoms with E-state index in [0.717, 1.165) is 5.57 Å². The summed E-state index contributed by atoms with van der Waals surface area (Å²) >= 11 is 0. The van der Waals surface area contributed by atoms with Crippen molar-refractivity contribution in [3.05, 3.63) is 11.6 Å². The SMILES string of the molecule is CC(C)=CCC[C@](C)(O[C@@H]1O[C@H](CO[C@@H]2O[C@@H](CO)[C@H](O)[C@H]2O[C@@H]2OC[C@@H](O)[C@H](O)[C@H]2O)[C@@H](O)[C@H](O)[C@H]1O)[C@H]1CC[C@]2(C)[C@@H]1[C@H](O)C[C@@H]1[C@@]3(C)CC[C@H](O[C@@H]4O[C@H](CO)[C@@H](O)[C@H](O)[C@H]4O[C@@H]4O[C@H](CO)[C@@H](O)[C@H](O)[C@H]4O)C(C)(C)[C@@H]3[C@@H](O)C[C@]12C. The van der Waals surface area contributed by atoms with Crippen LogP contribution in [-0.2, 0) is 47.4 Å². The molecule has 27 heteroatoms. The number of aliphatic hydroxyl groups is 17. The normalized spacial score (nSPS) is 53.3. The maximum atomic E-state index is 12.9. The molecule has 9 rings (SSSR count). The van der Waals surface area contributed by atoms with Gasteiger partial charge in [0.25, 0.3) is 0 Å². The van der Waals surface area contributed by atoms with Gasteiger partial charge in [0.05, 0.1) is 56.9 Å². The molecular weight excluding hydrogens is 1130 g/mol. The summed E-state index contributed by atoms with van der Waals surface area (Å²) in [5.74, 6) is -1.43. The van der Waals surface area contributed by atoms with Crippen LogP contribution in [0.1, 0.15) is 107 Å². The van der Waals surface area contributed by atoms with Gasteiger partial charge in [0.2, 0.25) is 0 Å². The molecule has 0 aromatic heterocycles. The van der Waals surface area contributed by atoms with Crippen molar-refractivity contribution in [1.82, 2.24) is 0 Å². The summed E-state index contributed by atoms with van der Waals surface area (Å²) in [5, 5.41) is 187. The van der Waals surface area contributed by atoms with Crippen molar-refractivity contribution in [3.8, 4) is 0 Å². The Morgan fingerprint density at radius 3 is 1.72 bits per heavy atom. The average molecular weight is 1230 g/mol. The quantitative estimate of drug-likeness (QED) is 0.0458. The van der Waals surface area contributed by atoms with Gasteiger partial charge in [-0.3, -0.25) is 0 Å². The van der Waals surface area contributed by atoms with Crippen LogP contribution in [0.5, 0.6) is 0 Å². The first-order chi connectivity index (χ1) is 39.8. The predicted molar refractivity (Wildman–Crippen MR) is 288 cm³/mol. The Morgan fingerprint density at radius 1 is 0.541 bits per heavy atom. The van der Waals surface area contributed by atoms with E-state index in [1.165, 1.54) is 0 Å². The minimum Gasteiger partial charge on any atom is -0.394 e. The number of aliphatic hydroxyl groups excluding tert-OH is 17. The Morgan fingerprint density at radius 2 is 1.08 bits per heavy atom. The number of allylic oxidation sites excluding steroid dienone is 2. The minimum absolute atomic E-state index is 0.159. The smallest absolute Gasteiger partial charge is 0.187 e. The molecule has 0 aromatic carbocycles. The van der Waals surface area contributed by atoms with Crippen molar-refractivity contribution >= 4 is 0 Å². The van der Waals surface area contributed by atoms with Crippen LogP contribution < -0.4 is 0 Å². The first kappa shape index (κ1) is 68.0. The highest BCUT2D eigenvalue weighted by Gasteiger charge is 2.74. The van der Waals surface area contributed by atoms with Crippen molar-refractivity contribution in [2.45, 2.75) is 272 Å². The fraction of sp³-hybridized carbons (Fsp3) is 0.966. The van der Waals surface area contributed by atoms with E-state index in [1.807, 2.05) is 34.6 Å². The molecule has 0 bridgehead atoms. The van der Waals surface area contributed by atoms with Gasteiger partial charge in [0.1, 0.15) is 110 Å². The van der Waals surface area contributed by atoms with Crippen molar-refractivity contribution in [2.75, 3.05) is 33.0 Å². The van der Waals surface area contributed by atoms with E-state index in [2.05, 4.69) is 26.8 Å². The molecule has 85 heavy (non-hydrogen) atoms. The number of hydrogen-bond acceptors (Lipinski definition) is 27. The second kappa shape index (κ2) is 26.0. The molecule has 34 atom stereocenters. The Kier molecular flexibility index (Phi) is 20.8. The third-order valence-corrected chi connectivity index (χ3v) is 22.1. The molecule has 0 unspecified atom stereocenters. The largest absolute Gasteiger partial charge is 0.394 e. The zero-order valence-corrected chi connectivity index (χ0v) is 49.8. The third-order valence-electron chi connectivity index (χ3n) is 22.1. The molecule has 5 heterocycles. The summed E-state index contributed by atoms with van der Waals surface area (Å²) in [6, 6.07) is 0. The molecule has 27 nitrogen and oxygen atoms in total. The maximum Gasteiger partial charge on any atom is 0.187 e. The molecular formula is C58H98O27. The number of ether oxygens (including phenoxy) is 10. The van der Waals surface area contributed by atoms with Crippen LogP contribution in [0.3, 0.4) is 0 Å². The molecule has 9 fully saturated rings. The van der Waals surface area contributed by atoms with Gasteiger partial charge in [-0.15, -0.1) is 0 Å². The van der Waals surface area contributed by atoms with Gasteiger partial charge < -0.3 is 134 Å². The summed E-state index contributed by atoms with van der Waals surface area (Å²) in [6.07, 6.45) is -33.7. The molecule has 0 aromatic rings. The van der Waals surface area contributed by atoms with E-state index in [4.69, 9.17) is 47.4 Å². The van der Waals surface area contributed by atoms with E-state index in [0.29, 0.717) is 51.4 Å². The van der Waals surface area contributed by atoms with Gasteiger partial charge in [-0.25, -0.2) is 0 Å². The van der Waals surface area contributed by atoms with E-state index >= 15 is 0 Å². The van der Waals surface area contributed by atoms with Crippen LogP contribution in [0.4, 0.5) is 0 Å². The molecule has 5 aliphatic heterocycles. The number of rotatable bonds is 18. The topological polar surface area (TPSA) is 436 Å². The van der Waals surface area contributed by atoms with Crippen LogP contribution in [0.2, 0.25) is 0 Å². The second-order valence-corrected chi connectivity index (χ2v) is 27.8. The standard InChI is InChI=1S/C58H98O27/c1-23(2)10-9-13-58(8,85-51-45(75)41(71)38(68)31(81-51)22-77-52-46(39(69)30(20-61)79-52)83-49-43(73)35(65)27(64)21-76-49)24-11-15-56(6)34(24)25(62)16-32-55(5)14-12-33(54(3,4)48(55)26(63)17-57(32,56)7)82-53-47(42(72)37(67)29(19-60)80-53)84-50-44(74)40(70)36(66)28(18-59)78-50/h10,24-53,59-75H,9,11-22H2,1-8H3/t24-,25+,26-,27+,28+,29+,30-,31+,32+,33-,34-,35-,36+,37+,38+,39-,40-,41-,42-,43+,44+,45+,46+,47+,48-,49-,50-,51-,52+,53-,55+,56+,57+,58-/m0/s1. The average Bonchev–Trinajstić information content (AvgIpc) is 1.67. The van der Waals surface area contributed by atoms with Crippen LogP contribution in [0.15, 0.2) is 11.6 Å². The summed E-state index contributed by atoms with van der Waals surface area (Å²) in [4.78, 5) is 0. The summed E-state index contributed by atoms with van der Waals surface area (Å²) in [5.41, 5.74) is -2.84. The Balaban J connectivity index is 0.931. The van der Waals surface area contributed by atoms with Gasteiger partial charge in [0.15, 0.2) is 31.5 Å². The van der Waals surface area contributed by atoms with Crippen molar-refractivity contribution < 1.29 is 134 Å². The lowest BCUT2D eigenvalue weighted by atomic mass is 9.34. The molecule has 5 saturated heterocycles. The summed E-state index contributed by atoms with van der Waals surface area (Å²) < 4.78 is 60.6. The van der Waals surface area contributed by atoms with Crippen molar-refractivity contribution in [1.29, 1.82) is 0 Å². The molecule has 4 saturated carbocycles. The zero-order chi connectivity index (χ0) is 62.4. The molecule has 17 N–H and O–H groups in total. The highest BCUT2D eigenvalue weighted by atomic mass is 16.8. The van der Waals surface area contributed by atoms with Crippen LogP contribution in [0, 0.1) is 45.3 Å². The molecule has 0 radical (unpaired) electrons. The second-order valence-electron chi connectivity index (χ2n) is 27.8. The van der Waals surface area contributed by atoms with E-state index in [9.17, 15) is 86.8 Å². The minimum atomic E-state index is -1.86. The highest BCUT2D eigenvalue weighted by Crippen LogP contribution is 2.76. The number of fused-ring (bicyclic) bond motifs is 5. The van der Waals surface area contributed by atoms with Crippen LogP contribution >= 0.6 is 0 Å². The molecule has 4 aliphatic carbocycles. The zero-order valence-electron chi connectivity index (χ0n) is 49.8. The fourth-order valence-electron chi connectivity index (χ4n) is 17.4. The first-order valence-corrected chi connectivity index (χ1v) is 30.3. The Labute approximate surface area is 494 Å². The van der Waals surface area contributed by atoms with Gasteiger partial charge in [-0.2, -0.15) is 0 Å². The van der Waals surface area contributed by atoms with Gasteiger partial charge in [-0.05, 0) is 117 Å². The fourth-order valence-corrected chi connectivity index (χ4v) is 17.4. The van der Waals surface area contributed by atoms with Crippen LogP contribution in [0.25, 0.3) is 0 Å². The van der Waals surface area contributed by atoms with Crippen molar-refractivity contribution in [2.24, 2.45) is 45.3 Å². The van der Waals surface area contributed by atoms with Gasteiger partial charge in [0, 0.05) is 0 Å². The van der Waals surface area contributed by atoms with Crippen LogP contribution in [-0.4, -0.2) is 285 Å².